The van der Waals surface area contributed by atoms with Crippen LogP contribution in [-0.2, 0) is 0 Å². The van der Waals surface area contributed by atoms with Gasteiger partial charge in [0.1, 0.15) is 17.3 Å². The van der Waals surface area contributed by atoms with E-state index in [4.69, 9.17) is 5.73 Å². The quantitative estimate of drug-likeness (QED) is 0.735. The molecule has 7 heteroatoms. The lowest BCUT2D eigenvalue weighted by atomic mass is 10.1. The Labute approximate surface area is 119 Å². The number of nitrogens with two attached hydrogens (primary N) is 1. The Hall–Kier alpha value is -2.83. The van der Waals surface area contributed by atoms with Gasteiger partial charge in [-0.05, 0) is 41.1 Å². The molecule has 0 saturated carbocycles. The van der Waals surface area contributed by atoms with Crippen LogP contribution in [-0.4, -0.2) is 20.2 Å². The van der Waals surface area contributed by atoms with Gasteiger partial charge >= 0.3 is 0 Å². The number of anilines is 1. The Morgan fingerprint density at radius 1 is 1.14 bits per heavy atom. The summed E-state index contributed by atoms with van der Waals surface area (Å²) in [5.74, 6) is -0.946. The molecular formula is C14H11F2N5. The van der Waals surface area contributed by atoms with Gasteiger partial charge in [-0.15, -0.1) is 5.10 Å². The Balaban J connectivity index is 2.25. The van der Waals surface area contributed by atoms with E-state index in [2.05, 4.69) is 15.5 Å². The minimum atomic E-state index is -0.628. The smallest absolute Gasteiger partial charge is 0.189 e. The number of hydrogen-bond donors (Lipinski definition) is 1. The first-order valence-electron chi connectivity index (χ1n) is 6.17. The predicted molar refractivity (Wildman–Crippen MR) is 73.7 cm³/mol. The van der Waals surface area contributed by atoms with Gasteiger partial charge in [0, 0.05) is 17.3 Å². The van der Waals surface area contributed by atoms with E-state index in [1.54, 1.807) is 12.1 Å². The number of nitrogen functional groups attached to an aromatic ring is 1. The molecule has 2 N–H and O–H groups in total. The lowest BCUT2D eigenvalue weighted by Crippen LogP contribution is -2.05. The fourth-order valence-electron chi connectivity index (χ4n) is 2.15. The molecule has 5 nitrogen and oxygen atoms in total. The molecule has 0 saturated heterocycles. The van der Waals surface area contributed by atoms with E-state index in [0.717, 1.165) is 28.4 Å². The van der Waals surface area contributed by atoms with Crippen molar-refractivity contribution in [3.05, 3.63) is 53.6 Å². The van der Waals surface area contributed by atoms with Gasteiger partial charge < -0.3 is 5.73 Å². The third-order valence-corrected chi connectivity index (χ3v) is 3.13. The second-order valence-electron chi connectivity index (χ2n) is 4.55. The standard InChI is InChI=1S/C14H11F2N5/c1-8-3-2-4-11(17)13(8)14-18-19-20-21(14)12-7-9(15)5-6-10(12)16/h2-7H,17H2,1H3. The summed E-state index contributed by atoms with van der Waals surface area (Å²) in [5.41, 5.74) is 7.77. The van der Waals surface area contributed by atoms with Crippen molar-refractivity contribution in [2.75, 3.05) is 5.73 Å². The molecule has 0 aliphatic heterocycles. The minimum Gasteiger partial charge on any atom is -0.398 e. The van der Waals surface area contributed by atoms with Gasteiger partial charge in [0.05, 0.1) is 0 Å². The van der Waals surface area contributed by atoms with Gasteiger partial charge in [-0.25, -0.2) is 8.78 Å². The molecule has 1 aromatic heterocycles. The largest absolute Gasteiger partial charge is 0.398 e. The zero-order valence-corrected chi connectivity index (χ0v) is 11.1. The topological polar surface area (TPSA) is 69.6 Å². The van der Waals surface area contributed by atoms with Crippen LogP contribution in [0.15, 0.2) is 36.4 Å². The highest BCUT2D eigenvalue weighted by molar-refractivity contribution is 5.75. The SMILES string of the molecule is Cc1cccc(N)c1-c1nnnn1-c1cc(F)ccc1F. The molecule has 0 aliphatic rings. The molecule has 2 aromatic carbocycles. The lowest BCUT2D eigenvalue weighted by molar-refractivity contribution is 0.584. The molecule has 0 spiro atoms. The van der Waals surface area contributed by atoms with Crippen molar-refractivity contribution in [1.82, 2.24) is 20.2 Å². The Kier molecular flexibility index (Phi) is 3.09. The van der Waals surface area contributed by atoms with E-state index in [1.807, 2.05) is 13.0 Å². The van der Waals surface area contributed by atoms with Crippen molar-refractivity contribution in [2.24, 2.45) is 0 Å². The average molecular weight is 287 g/mol. The highest BCUT2D eigenvalue weighted by Gasteiger charge is 2.18. The fraction of sp³-hybridized carbons (Fsp3) is 0.0714. The number of nitrogens with zero attached hydrogens (tertiary/aromatic N) is 4. The first kappa shape index (κ1) is 13.2. The van der Waals surface area contributed by atoms with Crippen molar-refractivity contribution in [3.63, 3.8) is 0 Å². The summed E-state index contributed by atoms with van der Waals surface area (Å²) in [5, 5.41) is 11.2. The molecule has 0 bridgehead atoms. The third kappa shape index (κ3) is 2.22. The summed E-state index contributed by atoms with van der Waals surface area (Å²) in [6, 6.07) is 8.42. The molecule has 0 amide bonds. The normalized spacial score (nSPS) is 10.8. The molecule has 0 unspecified atom stereocenters. The highest BCUT2D eigenvalue weighted by Crippen LogP contribution is 2.29. The van der Waals surface area contributed by atoms with Crippen molar-refractivity contribution in [2.45, 2.75) is 6.92 Å². The van der Waals surface area contributed by atoms with Crippen LogP contribution < -0.4 is 5.73 Å². The average Bonchev–Trinajstić information content (AvgIpc) is 2.90. The van der Waals surface area contributed by atoms with Gasteiger partial charge in [0.25, 0.3) is 0 Å². The lowest BCUT2D eigenvalue weighted by Gasteiger charge is -2.10. The van der Waals surface area contributed by atoms with Crippen LogP contribution in [0.5, 0.6) is 0 Å². The van der Waals surface area contributed by atoms with E-state index in [9.17, 15) is 8.78 Å². The predicted octanol–water partition coefficient (Wildman–Crippen LogP) is 2.50. The summed E-state index contributed by atoms with van der Waals surface area (Å²) in [4.78, 5) is 0. The zero-order chi connectivity index (χ0) is 15.0. The van der Waals surface area contributed by atoms with E-state index in [1.165, 1.54) is 0 Å². The maximum atomic E-state index is 13.9. The Morgan fingerprint density at radius 2 is 1.95 bits per heavy atom. The maximum Gasteiger partial charge on any atom is 0.189 e. The molecule has 0 atom stereocenters. The number of benzene rings is 2. The van der Waals surface area contributed by atoms with Crippen LogP contribution in [0.2, 0.25) is 0 Å². The highest BCUT2D eigenvalue weighted by atomic mass is 19.1. The monoisotopic (exact) mass is 287 g/mol. The van der Waals surface area contributed by atoms with E-state index >= 15 is 0 Å². The van der Waals surface area contributed by atoms with Gasteiger partial charge in [0.2, 0.25) is 0 Å². The molecular weight excluding hydrogens is 276 g/mol. The molecule has 0 aliphatic carbocycles. The van der Waals surface area contributed by atoms with Crippen LogP contribution in [0.4, 0.5) is 14.5 Å². The van der Waals surface area contributed by atoms with Crippen LogP contribution >= 0.6 is 0 Å². The fourth-order valence-corrected chi connectivity index (χ4v) is 2.15. The van der Waals surface area contributed by atoms with Crippen molar-refractivity contribution in [3.8, 4) is 17.1 Å². The molecule has 1 heterocycles. The first-order chi connectivity index (χ1) is 10.1. The second-order valence-corrected chi connectivity index (χ2v) is 4.55. The second kappa shape index (κ2) is 4.93. The zero-order valence-electron chi connectivity index (χ0n) is 11.1. The summed E-state index contributed by atoms with van der Waals surface area (Å²) in [6.07, 6.45) is 0. The Morgan fingerprint density at radius 3 is 2.71 bits per heavy atom. The number of halogens is 2. The van der Waals surface area contributed by atoms with Gasteiger partial charge in [0.15, 0.2) is 5.82 Å². The van der Waals surface area contributed by atoms with Gasteiger partial charge in [-0.1, -0.05) is 12.1 Å². The van der Waals surface area contributed by atoms with Crippen LogP contribution in [0.1, 0.15) is 5.56 Å². The van der Waals surface area contributed by atoms with Crippen LogP contribution in [0, 0.1) is 18.6 Å². The number of aryl methyl sites for hydroxylation is 1. The summed E-state index contributed by atoms with van der Waals surface area (Å²) >= 11 is 0. The number of rotatable bonds is 2. The third-order valence-electron chi connectivity index (χ3n) is 3.13. The van der Waals surface area contributed by atoms with E-state index in [0.29, 0.717) is 11.3 Å². The van der Waals surface area contributed by atoms with Crippen LogP contribution in [0.25, 0.3) is 17.1 Å². The molecule has 21 heavy (non-hydrogen) atoms. The van der Waals surface area contributed by atoms with Crippen molar-refractivity contribution < 1.29 is 8.78 Å². The van der Waals surface area contributed by atoms with Crippen LogP contribution in [0.3, 0.4) is 0 Å². The molecule has 3 rings (SSSR count). The van der Waals surface area contributed by atoms with Gasteiger partial charge in [-0.2, -0.15) is 4.68 Å². The molecule has 0 fully saturated rings. The van der Waals surface area contributed by atoms with Gasteiger partial charge in [-0.3, -0.25) is 0 Å². The van der Waals surface area contributed by atoms with Crippen molar-refractivity contribution >= 4 is 5.69 Å². The maximum absolute atomic E-state index is 13.9. The van der Waals surface area contributed by atoms with Crippen molar-refractivity contribution in [1.29, 1.82) is 0 Å². The number of aromatic nitrogens is 4. The minimum absolute atomic E-state index is 0.0716. The molecule has 0 radical (unpaired) electrons. The summed E-state index contributed by atoms with van der Waals surface area (Å²) < 4.78 is 28.4. The summed E-state index contributed by atoms with van der Waals surface area (Å²) in [7, 11) is 0. The summed E-state index contributed by atoms with van der Waals surface area (Å²) in [6.45, 7) is 1.84. The van der Waals surface area contributed by atoms with E-state index < -0.39 is 11.6 Å². The molecule has 3 aromatic rings. The van der Waals surface area contributed by atoms with E-state index in [-0.39, 0.29) is 11.5 Å². The number of tetrazole rings is 1. The first-order valence-corrected chi connectivity index (χ1v) is 6.17. The molecule has 106 valence electrons. The Bertz CT molecular complexity index is 793. The number of hydrogen-bond acceptors (Lipinski definition) is 4.